The van der Waals surface area contributed by atoms with Crippen molar-refractivity contribution in [2.24, 2.45) is 0 Å². The Morgan fingerprint density at radius 2 is 1.45 bits per heavy atom. The molecule has 0 spiro atoms. The van der Waals surface area contributed by atoms with Crippen molar-refractivity contribution in [3.05, 3.63) is 130 Å². The second-order valence-electron chi connectivity index (χ2n) is 9.26. The van der Waals surface area contributed by atoms with E-state index in [-0.39, 0.29) is 23.0 Å². The van der Waals surface area contributed by atoms with Crippen molar-refractivity contribution in [1.82, 2.24) is 0 Å². The molecule has 1 amide bonds. The third-order valence-corrected chi connectivity index (χ3v) is 6.92. The molecule has 0 saturated heterocycles. The summed E-state index contributed by atoms with van der Waals surface area (Å²) in [4.78, 5) is 26.6. The molecule has 8 heteroatoms. The molecule has 0 bridgehead atoms. The summed E-state index contributed by atoms with van der Waals surface area (Å²) in [6.45, 7) is -0.562. The van der Waals surface area contributed by atoms with E-state index in [2.05, 4.69) is 11.4 Å². The highest BCUT2D eigenvalue weighted by Crippen LogP contribution is 2.41. The average molecular weight is 573 g/mol. The Kier molecular flexibility index (Phi) is 7.29. The first-order chi connectivity index (χ1) is 20.5. The lowest BCUT2D eigenvalue weighted by atomic mass is 9.98. The molecule has 0 unspecified atom stereocenters. The minimum absolute atomic E-state index is 0.0271. The maximum atomic E-state index is 13.4. The van der Waals surface area contributed by atoms with Crippen LogP contribution in [0.15, 0.2) is 123 Å². The van der Waals surface area contributed by atoms with Crippen molar-refractivity contribution in [3.63, 3.8) is 0 Å². The Hall–Kier alpha value is -5.58. The summed E-state index contributed by atoms with van der Waals surface area (Å²) in [6, 6.07) is 34.4. The van der Waals surface area contributed by atoms with Gasteiger partial charge in [-0.15, -0.1) is 0 Å². The van der Waals surface area contributed by atoms with Gasteiger partial charge in [-0.2, -0.15) is 5.26 Å². The van der Waals surface area contributed by atoms with E-state index in [4.69, 9.17) is 25.2 Å². The summed E-state index contributed by atoms with van der Waals surface area (Å²) in [5, 5.41) is 13.4. The van der Waals surface area contributed by atoms with E-state index in [1.54, 1.807) is 48.5 Å². The number of hydrogen-bond donors (Lipinski definition) is 1. The molecule has 0 fully saturated rings. The van der Waals surface area contributed by atoms with Crippen LogP contribution in [0.2, 0.25) is 5.02 Å². The lowest BCUT2D eigenvalue weighted by Crippen LogP contribution is -2.22. The largest absolute Gasteiger partial charge is 0.476 e. The number of nitriles is 1. The minimum Gasteiger partial charge on any atom is -0.476 e. The number of nitrogens with one attached hydrogen (secondary N) is 1. The van der Waals surface area contributed by atoms with Gasteiger partial charge in [0.2, 0.25) is 17.1 Å². The normalized spacial score (nSPS) is 10.8. The third-order valence-electron chi connectivity index (χ3n) is 6.59. The Morgan fingerprint density at radius 3 is 2.17 bits per heavy atom. The van der Waals surface area contributed by atoms with E-state index in [9.17, 15) is 14.9 Å². The van der Waals surface area contributed by atoms with Crippen LogP contribution in [-0.2, 0) is 4.79 Å². The molecule has 204 valence electrons. The van der Waals surface area contributed by atoms with Crippen LogP contribution in [0, 0.1) is 11.3 Å². The fraction of sp³-hybridized carbons (Fsp3) is 0.0294. The van der Waals surface area contributed by atoms with Gasteiger partial charge in [0.25, 0.3) is 5.91 Å². The zero-order chi connectivity index (χ0) is 29.1. The quantitative estimate of drug-likeness (QED) is 0.208. The number of ether oxygens (including phenoxy) is 1. The number of para-hydroxylation sites is 1. The number of amides is 1. The average Bonchev–Trinajstić information content (AvgIpc) is 3.39. The van der Waals surface area contributed by atoms with E-state index in [0.717, 1.165) is 11.1 Å². The van der Waals surface area contributed by atoms with Gasteiger partial charge in [-0.3, -0.25) is 14.9 Å². The van der Waals surface area contributed by atoms with Crippen LogP contribution < -0.4 is 15.5 Å². The fourth-order valence-corrected chi connectivity index (χ4v) is 4.90. The highest BCUT2D eigenvalue weighted by molar-refractivity contribution is 6.33. The second kappa shape index (κ2) is 11.5. The molecule has 0 aliphatic rings. The van der Waals surface area contributed by atoms with Crippen LogP contribution in [0.1, 0.15) is 5.56 Å². The number of fused-ring (bicyclic) bond motifs is 1. The van der Waals surface area contributed by atoms with Gasteiger partial charge in [-0.05, 0) is 29.8 Å². The van der Waals surface area contributed by atoms with Crippen LogP contribution in [0.4, 0.5) is 5.88 Å². The molecule has 0 aliphatic carbocycles. The summed E-state index contributed by atoms with van der Waals surface area (Å²) in [6.07, 6.45) is 0. The smallest absolute Gasteiger partial charge is 0.264 e. The molecule has 2 aromatic heterocycles. The van der Waals surface area contributed by atoms with E-state index in [1.807, 2.05) is 60.7 Å². The number of rotatable bonds is 7. The number of carbonyl (C=O) groups is 1. The molecule has 0 saturated carbocycles. The van der Waals surface area contributed by atoms with Gasteiger partial charge >= 0.3 is 0 Å². The summed E-state index contributed by atoms with van der Waals surface area (Å²) in [7, 11) is 0. The zero-order valence-corrected chi connectivity index (χ0v) is 22.7. The maximum absolute atomic E-state index is 13.4. The van der Waals surface area contributed by atoms with Crippen LogP contribution in [0.5, 0.6) is 5.75 Å². The van der Waals surface area contributed by atoms with E-state index >= 15 is 0 Å². The van der Waals surface area contributed by atoms with Gasteiger partial charge in [-0.1, -0.05) is 96.5 Å². The van der Waals surface area contributed by atoms with Crippen LogP contribution in [-0.4, -0.2) is 12.5 Å². The Balaban J connectivity index is 1.35. The summed E-state index contributed by atoms with van der Waals surface area (Å²) >= 11 is 6.42. The molecular formula is C34H21ClN2O5. The topological polar surface area (TPSA) is 105 Å². The zero-order valence-electron chi connectivity index (χ0n) is 22.0. The van der Waals surface area contributed by atoms with E-state index in [0.29, 0.717) is 32.9 Å². The van der Waals surface area contributed by atoms with Crippen molar-refractivity contribution in [2.75, 3.05) is 11.9 Å². The molecule has 1 N–H and O–H groups in total. The first-order valence-corrected chi connectivity index (χ1v) is 13.3. The number of carbonyl (C=O) groups excluding carboxylic acids is 1. The Bertz CT molecular complexity index is 2030. The van der Waals surface area contributed by atoms with Crippen LogP contribution in [0.3, 0.4) is 0 Å². The number of furan rings is 1. The SMILES string of the molecule is N#Cc1c(NC(=O)COc2c(-c3ccccc3Cl)oc3ccccc3c2=O)oc(-c2ccccc2)c1-c1ccccc1. The Morgan fingerprint density at radius 1 is 0.810 bits per heavy atom. The number of nitrogens with zero attached hydrogens (tertiary/aromatic N) is 1. The molecule has 0 radical (unpaired) electrons. The summed E-state index contributed by atoms with van der Waals surface area (Å²) < 4.78 is 17.9. The van der Waals surface area contributed by atoms with Gasteiger partial charge in [0.1, 0.15) is 23.0 Å². The molecule has 7 nitrogen and oxygen atoms in total. The molecule has 6 aromatic rings. The molecule has 0 aliphatic heterocycles. The van der Waals surface area contributed by atoms with E-state index < -0.39 is 17.9 Å². The first kappa shape index (κ1) is 26.6. The van der Waals surface area contributed by atoms with Crippen LogP contribution in [0.25, 0.3) is 44.7 Å². The van der Waals surface area contributed by atoms with Crippen molar-refractivity contribution in [3.8, 4) is 45.6 Å². The molecule has 4 aromatic carbocycles. The van der Waals surface area contributed by atoms with Crippen molar-refractivity contribution in [2.45, 2.75) is 0 Å². The molecular weight excluding hydrogens is 552 g/mol. The highest BCUT2D eigenvalue weighted by atomic mass is 35.5. The number of anilines is 1. The lowest BCUT2D eigenvalue weighted by Gasteiger charge is -2.12. The van der Waals surface area contributed by atoms with Crippen molar-refractivity contribution >= 4 is 34.4 Å². The molecule has 2 heterocycles. The van der Waals surface area contributed by atoms with Crippen molar-refractivity contribution in [1.29, 1.82) is 5.26 Å². The third kappa shape index (κ3) is 5.03. The van der Waals surface area contributed by atoms with Gasteiger partial charge in [0.05, 0.1) is 10.4 Å². The summed E-state index contributed by atoms with van der Waals surface area (Å²) in [5.74, 6) is -0.291. The fourth-order valence-electron chi connectivity index (χ4n) is 4.68. The van der Waals surface area contributed by atoms with Crippen LogP contribution >= 0.6 is 11.6 Å². The van der Waals surface area contributed by atoms with Gasteiger partial charge < -0.3 is 13.6 Å². The standard InChI is InChI=1S/C34H21ClN2O5/c35-26-17-9-7-15-23(26)32-33(30(39)24-16-8-10-18-27(24)41-32)40-20-28(38)37-34-25(19-36)29(21-11-3-1-4-12-21)31(42-34)22-13-5-2-6-14-22/h1-18H,20H2,(H,37,38). The monoisotopic (exact) mass is 572 g/mol. The molecule has 42 heavy (non-hydrogen) atoms. The predicted octanol–water partition coefficient (Wildman–Crippen LogP) is 7.93. The van der Waals surface area contributed by atoms with Gasteiger partial charge in [-0.25, -0.2) is 0 Å². The number of benzene rings is 4. The number of hydrogen-bond acceptors (Lipinski definition) is 6. The predicted molar refractivity (Wildman–Crippen MR) is 161 cm³/mol. The Labute approximate surface area is 245 Å². The lowest BCUT2D eigenvalue weighted by molar-refractivity contribution is -0.118. The summed E-state index contributed by atoms with van der Waals surface area (Å²) in [5.41, 5.74) is 2.55. The second-order valence-corrected chi connectivity index (χ2v) is 9.66. The van der Waals surface area contributed by atoms with E-state index in [1.165, 1.54) is 0 Å². The van der Waals surface area contributed by atoms with Crippen molar-refractivity contribution < 1.29 is 18.4 Å². The minimum atomic E-state index is -0.642. The maximum Gasteiger partial charge on any atom is 0.264 e. The molecule has 0 atom stereocenters. The molecule has 6 rings (SSSR count). The highest BCUT2D eigenvalue weighted by Gasteiger charge is 2.25. The van der Waals surface area contributed by atoms with Gasteiger partial charge in [0, 0.05) is 16.7 Å². The van der Waals surface area contributed by atoms with Gasteiger partial charge in [0.15, 0.2) is 12.4 Å². The first-order valence-electron chi connectivity index (χ1n) is 13.0. The number of halogens is 1.